The molecule has 0 aliphatic heterocycles. The van der Waals surface area contributed by atoms with Gasteiger partial charge in [0, 0.05) is 0 Å². The molecule has 1 rings (SSSR count). The molecule has 0 amide bonds. The fraction of sp³-hybridized carbons (Fsp3) is 0.625. The predicted octanol–water partition coefficient (Wildman–Crippen LogP) is 4.36. The molecule has 2 unspecified atom stereocenters. The van der Waals surface area contributed by atoms with Crippen LogP contribution in [0.15, 0.2) is 24.3 Å². The number of benzene rings is 1. The molecular formula is C16H24F2O2. The van der Waals surface area contributed by atoms with Crippen molar-refractivity contribution in [2.75, 3.05) is 0 Å². The van der Waals surface area contributed by atoms with Crippen LogP contribution in [0.4, 0.5) is 8.78 Å². The van der Waals surface area contributed by atoms with Crippen LogP contribution in [0.25, 0.3) is 0 Å². The van der Waals surface area contributed by atoms with Crippen LogP contribution in [0.1, 0.15) is 46.6 Å². The first-order valence-corrected chi connectivity index (χ1v) is 6.90. The van der Waals surface area contributed by atoms with Crippen molar-refractivity contribution in [3.05, 3.63) is 29.8 Å². The van der Waals surface area contributed by atoms with Gasteiger partial charge in [0.1, 0.15) is 11.4 Å². The second kappa shape index (κ2) is 6.08. The zero-order valence-electron chi connectivity index (χ0n) is 12.8. The van der Waals surface area contributed by atoms with E-state index >= 15 is 0 Å². The number of rotatable bonds is 5. The van der Waals surface area contributed by atoms with Crippen LogP contribution in [0.5, 0.6) is 5.75 Å². The van der Waals surface area contributed by atoms with Gasteiger partial charge in [-0.1, -0.05) is 26.0 Å². The first-order chi connectivity index (χ1) is 9.10. The summed E-state index contributed by atoms with van der Waals surface area (Å²) >= 11 is 0. The van der Waals surface area contributed by atoms with E-state index in [1.807, 2.05) is 20.8 Å². The summed E-state index contributed by atoms with van der Waals surface area (Å²) in [5, 5.41) is 10.5. The largest absolute Gasteiger partial charge is 0.488 e. The predicted molar refractivity (Wildman–Crippen MR) is 76.2 cm³/mol. The molecule has 1 N–H and O–H groups in total. The summed E-state index contributed by atoms with van der Waals surface area (Å²) in [5.74, 6) is -0.466. The van der Waals surface area contributed by atoms with Gasteiger partial charge in [0.05, 0.1) is 11.5 Å². The molecule has 0 aromatic heterocycles. The van der Waals surface area contributed by atoms with Gasteiger partial charge >= 0.3 is 0 Å². The highest BCUT2D eigenvalue weighted by atomic mass is 19.3. The highest BCUT2D eigenvalue weighted by molar-refractivity contribution is 5.31. The standard InChI is InChI=1S/C16H24F2O2/c1-6-16(19,11(2)14(17)18)12-7-9-13(10-8-12)20-15(3,4)5/h7-11,14,19H,6H2,1-5H3. The van der Waals surface area contributed by atoms with Gasteiger partial charge in [-0.2, -0.15) is 0 Å². The third kappa shape index (κ3) is 3.92. The van der Waals surface area contributed by atoms with Crippen molar-refractivity contribution >= 4 is 0 Å². The van der Waals surface area contributed by atoms with Crippen LogP contribution >= 0.6 is 0 Å². The Morgan fingerprint density at radius 1 is 1.15 bits per heavy atom. The highest BCUT2D eigenvalue weighted by Gasteiger charge is 2.39. The number of aliphatic hydroxyl groups is 1. The lowest BCUT2D eigenvalue weighted by Crippen LogP contribution is -2.37. The maximum absolute atomic E-state index is 12.9. The second-order valence-corrected chi connectivity index (χ2v) is 6.14. The minimum atomic E-state index is -2.56. The Morgan fingerprint density at radius 2 is 1.65 bits per heavy atom. The number of alkyl halides is 2. The number of hydrogen-bond acceptors (Lipinski definition) is 2. The average Bonchev–Trinajstić information content (AvgIpc) is 2.35. The quantitative estimate of drug-likeness (QED) is 0.871. The van der Waals surface area contributed by atoms with Gasteiger partial charge in [0.2, 0.25) is 6.43 Å². The van der Waals surface area contributed by atoms with Crippen molar-refractivity contribution in [2.24, 2.45) is 5.92 Å². The summed E-state index contributed by atoms with van der Waals surface area (Å²) < 4.78 is 31.5. The van der Waals surface area contributed by atoms with Gasteiger partial charge in [0.25, 0.3) is 0 Å². The minimum Gasteiger partial charge on any atom is -0.488 e. The number of hydrogen-bond donors (Lipinski definition) is 1. The first kappa shape index (κ1) is 16.9. The zero-order valence-corrected chi connectivity index (χ0v) is 12.8. The van der Waals surface area contributed by atoms with Gasteiger partial charge < -0.3 is 9.84 Å². The average molecular weight is 286 g/mol. The summed E-state index contributed by atoms with van der Waals surface area (Å²) in [6.07, 6.45) is -2.33. The molecule has 0 saturated carbocycles. The van der Waals surface area contributed by atoms with Gasteiger partial charge in [-0.25, -0.2) is 8.78 Å². The van der Waals surface area contributed by atoms with Crippen molar-refractivity contribution in [1.82, 2.24) is 0 Å². The summed E-state index contributed by atoms with van der Waals surface area (Å²) in [5.41, 5.74) is -1.35. The molecule has 2 nitrogen and oxygen atoms in total. The SMILES string of the molecule is CCC(O)(c1ccc(OC(C)(C)C)cc1)C(C)C(F)F. The van der Waals surface area contributed by atoms with Gasteiger partial charge in [0.15, 0.2) is 0 Å². The molecule has 0 fully saturated rings. The minimum absolute atomic E-state index is 0.234. The van der Waals surface area contributed by atoms with Crippen molar-refractivity contribution in [1.29, 1.82) is 0 Å². The highest BCUT2D eigenvalue weighted by Crippen LogP contribution is 2.37. The molecule has 1 aromatic carbocycles. The molecular weight excluding hydrogens is 262 g/mol. The van der Waals surface area contributed by atoms with E-state index in [2.05, 4.69) is 0 Å². The Balaban J connectivity index is 3.01. The van der Waals surface area contributed by atoms with Crippen molar-refractivity contribution in [3.63, 3.8) is 0 Å². The van der Waals surface area contributed by atoms with E-state index in [0.717, 1.165) is 0 Å². The molecule has 0 bridgehead atoms. The van der Waals surface area contributed by atoms with E-state index in [9.17, 15) is 13.9 Å². The Morgan fingerprint density at radius 3 is 2.00 bits per heavy atom. The van der Waals surface area contributed by atoms with Crippen LogP contribution in [-0.2, 0) is 5.60 Å². The van der Waals surface area contributed by atoms with Crippen LogP contribution < -0.4 is 4.74 Å². The van der Waals surface area contributed by atoms with Gasteiger partial charge in [-0.15, -0.1) is 0 Å². The van der Waals surface area contributed by atoms with Gasteiger partial charge in [-0.3, -0.25) is 0 Å². The Kier molecular flexibility index (Phi) is 5.14. The van der Waals surface area contributed by atoms with E-state index in [0.29, 0.717) is 11.3 Å². The van der Waals surface area contributed by atoms with E-state index in [1.54, 1.807) is 31.2 Å². The smallest absolute Gasteiger partial charge is 0.244 e. The van der Waals surface area contributed by atoms with Crippen LogP contribution in [0, 0.1) is 5.92 Å². The first-order valence-electron chi connectivity index (χ1n) is 6.90. The van der Waals surface area contributed by atoms with E-state index in [-0.39, 0.29) is 12.0 Å². The lowest BCUT2D eigenvalue weighted by atomic mass is 9.80. The maximum atomic E-state index is 12.9. The Hall–Kier alpha value is -1.16. The summed E-state index contributed by atoms with van der Waals surface area (Å²) in [7, 11) is 0. The summed E-state index contributed by atoms with van der Waals surface area (Å²) in [4.78, 5) is 0. The van der Waals surface area contributed by atoms with Gasteiger partial charge in [-0.05, 0) is 44.9 Å². The van der Waals surface area contributed by atoms with Crippen LogP contribution in [0.3, 0.4) is 0 Å². The lowest BCUT2D eigenvalue weighted by Gasteiger charge is -2.33. The number of halogens is 2. The van der Waals surface area contributed by atoms with Crippen molar-refractivity contribution < 1.29 is 18.6 Å². The fourth-order valence-corrected chi connectivity index (χ4v) is 2.16. The van der Waals surface area contributed by atoms with Crippen LogP contribution in [-0.4, -0.2) is 17.1 Å². The molecule has 0 aliphatic rings. The summed E-state index contributed by atoms with van der Waals surface area (Å²) in [6.45, 7) is 8.87. The molecule has 0 heterocycles. The topological polar surface area (TPSA) is 29.5 Å². The Bertz CT molecular complexity index is 423. The summed E-state index contributed by atoms with van der Waals surface area (Å²) in [6, 6.07) is 6.73. The molecule has 0 radical (unpaired) electrons. The molecule has 2 atom stereocenters. The monoisotopic (exact) mass is 286 g/mol. The molecule has 0 saturated heterocycles. The second-order valence-electron chi connectivity index (χ2n) is 6.14. The molecule has 4 heteroatoms. The lowest BCUT2D eigenvalue weighted by molar-refractivity contribution is -0.0848. The van der Waals surface area contributed by atoms with E-state index in [4.69, 9.17) is 4.74 Å². The molecule has 20 heavy (non-hydrogen) atoms. The third-order valence-electron chi connectivity index (χ3n) is 3.45. The van der Waals surface area contributed by atoms with E-state index in [1.165, 1.54) is 6.92 Å². The number of ether oxygens (including phenoxy) is 1. The van der Waals surface area contributed by atoms with Crippen LogP contribution in [0.2, 0.25) is 0 Å². The molecule has 0 spiro atoms. The molecule has 0 aliphatic carbocycles. The third-order valence-corrected chi connectivity index (χ3v) is 3.45. The maximum Gasteiger partial charge on any atom is 0.244 e. The fourth-order valence-electron chi connectivity index (χ4n) is 2.16. The molecule has 1 aromatic rings. The molecule has 114 valence electrons. The zero-order chi connectivity index (χ0) is 15.6. The van der Waals surface area contributed by atoms with Crippen molar-refractivity contribution in [3.8, 4) is 5.75 Å². The Labute approximate surface area is 119 Å². The van der Waals surface area contributed by atoms with Crippen molar-refractivity contribution in [2.45, 2.75) is 58.7 Å². The normalized spacial score (nSPS) is 16.9. The van der Waals surface area contributed by atoms with E-state index < -0.39 is 17.9 Å².